The molecule has 2 aliphatic rings. The van der Waals surface area contributed by atoms with Gasteiger partial charge in [-0.2, -0.15) is 0 Å². The third-order valence-corrected chi connectivity index (χ3v) is 5.60. The van der Waals surface area contributed by atoms with Gasteiger partial charge in [0.1, 0.15) is 5.82 Å². The normalized spacial score (nSPS) is 22.2. The number of nitrogens with one attached hydrogen (secondary N) is 1. The van der Waals surface area contributed by atoms with Gasteiger partial charge in [0, 0.05) is 26.2 Å². The van der Waals surface area contributed by atoms with Crippen LogP contribution in [0.3, 0.4) is 0 Å². The van der Waals surface area contributed by atoms with E-state index in [1.165, 1.54) is 17.7 Å². The van der Waals surface area contributed by atoms with Gasteiger partial charge in [-0.05, 0) is 48.2 Å². The minimum atomic E-state index is -0.259. The summed E-state index contributed by atoms with van der Waals surface area (Å²) in [6.45, 7) is 2.46. The average Bonchev–Trinajstić information content (AvgIpc) is 3.21. The summed E-state index contributed by atoms with van der Waals surface area (Å²) in [6.07, 6.45) is 1.82. The molecular weight excluding hydrogens is 329 g/mol. The van der Waals surface area contributed by atoms with Gasteiger partial charge in [-0.1, -0.05) is 36.4 Å². The fourth-order valence-corrected chi connectivity index (χ4v) is 4.11. The van der Waals surface area contributed by atoms with Gasteiger partial charge in [-0.3, -0.25) is 0 Å². The van der Waals surface area contributed by atoms with Crippen molar-refractivity contribution in [3.63, 3.8) is 0 Å². The highest BCUT2D eigenvalue weighted by Gasteiger charge is 2.35. The average molecular weight is 353 g/mol. The number of hydrogen-bond donors (Lipinski definition) is 1. The number of halogens is 1. The van der Waals surface area contributed by atoms with Crippen LogP contribution in [-0.4, -0.2) is 48.6 Å². The molecule has 136 valence electrons. The predicted molar refractivity (Wildman–Crippen MR) is 99.5 cm³/mol. The second-order valence-corrected chi connectivity index (χ2v) is 7.14. The first-order valence-electron chi connectivity index (χ1n) is 9.22. The van der Waals surface area contributed by atoms with Gasteiger partial charge >= 0.3 is 6.03 Å². The highest BCUT2D eigenvalue weighted by molar-refractivity contribution is 5.76. The van der Waals surface area contributed by atoms with Crippen molar-refractivity contribution in [3.05, 3.63) is 71.0 Å². The van der Waals surface area contributed by atoms with Crippen LogP contribution in [0.1, 0.15) is 29.2 Å². The number of urea groups is 1. The molecule has 2 atom stereocenters. The number of fused-ring (bicyclic) bond motifs is 1. The molecule has 0 unspecified atom stereocenters. The van der Waals surface area contributed by atoms with Crippen molar-refractivity contribution >= 4 is 6.03 Å². The second kappa shape index (κ2) is 7.08. The quantitative estimate of drug-likeness (QED) is 0.900. The molecule has 26 heavy (non-hydrogen) atoms. The first kappa shape index (κ1) is 17.0. The summed E-state index contributed by atoms with van der Waals surface area (Å²) in [6, 6.07) is 14.9. The molecule has 0 aliphatic carbocycles. The maximum Gasteiger partial charge on any atom is 0.320 e. The number of benzene rings is 2. The zero-order valence-electron chi connectivity index (χ0n) is 15.0. The van der Waals surface area contributed by atoms with E-state index in [-0.39, 0.29) is 23.9 Å². The van der Waals surface area contributed by atoms with E-state index in [2.05, 4.69) is 17.4 Å². The van der Waals surface area contributed by atoms with Crippen molar-refractivity contribution in [2.75, 3.05) is 26.7 Å². The van der Waals surface area contributed by atoms with Gasteiger partial charge in [0.15, 0.2) is 0 Å². The van der Waals surface area contributed by atoms with E-state index in [4.69, 9.17) is 0 Å². The summed E-state index contributed by atoms with van der Waals surface area (Å²) in [4.78, 5) is 17.1. The van der Waals surface area contributed by atoms with Crippen molar-refractivity contribution in [2.45, 2.75) is 24.9 Å². The Kier molecular flexibility index (Phi) is 4.64. The number of rotatable bonds is 2. The summed E-state index contributed by atoms with van der Waals surface area (Å²) < 4.78 is 13.4. The van der Waals surface area contributed by atoms with Crippen LogP contribution in [-0.2, 0) is 6.42 Å². The van der Waals surface area contributed by atoms with Crippen LogP contribution in [0.25, 0.3) is 0 Å². The summed E-state index contributed by atoms with van der Waals surface area (Å²) in [5.74, 6) is -0.259. The van der Waals surface area contributed by atoms with E-state index in [0.717, 1.165) is 37.1 Å². The third kappa shape index (κ3) is 3.07. The molecule has 5 heteroatoms. The molecule has 4 nitrogen and oxygen atoms in total. The molecule has 0 bridgehead atoms. The van der Waals surface area contributed by atoms with E-state index in [0.29, 0.717) is 6.54 Å². The molecule has 2 aromatic carbocycles. The number of carbonyl (C=O) groups is 1. The number of nitrogens with zero attached hydrogens (tertiary/aromatic N) is 2. The fourth-order valence-electron chi connectivity index (χ4n) is 4.11. The summed E-state index contributed by atoms with van der Waals surface area (Å²) in [5.41, 5.74) is 3.34. The van der Waals surface area contributed by atoms with Crippen LogP contribution in [0.2, 0.25) is 0 Å². The molecule has 1 N–H and O–H groups in total. The minimum absolute atomic E-state index is 0.0440. The van der Waals surface area contributed by atoms with Crippen molar-refractivity contribution in [1.82, 2.24) is 15.1 Å². The van der Waals surface area contributed by atoms with Gasteiger partial charge in [0.2, 0.25) is 0 Å². The number of likely N-dealkylation sites (N-methyl/N-ethyl adjacent to an activating group) is 1. The van der Waals surface area contributed by atoms with E-state index in [1.807, 2.05) is 29.0 Å². The van der Waals surface area contributed by atoms with Crippen molar-refractivity contribution in [2.24, 2.45) is 0 Å². The monoisotopic (exact) mass is 353 g/mol. The molecular formula is C21H24FN3O. The number of carbonyl (C=O) groups excluding carboxylic acids is 1. The Morgan fingerprint density at radius 2 is 1.96 bits per heavy atom. The van der Waals surface area contributed by atoms with Crippen LogP contribution >= 0.6 is 0 Å². The maximum atomic E-state index is 13.4. The molecule has 2 heterocycles. The Labute approximate surface area is 153 Å². The zero-order valence-corrected chi connectivity index (χ0v) is 15.0. The van der Waals surface area contributed by atoms with E-state index < -0.39 is 0 Å². The Hall–Kier alpha value is -2.40. The van der Waals surface area contributed by atoms with Gasteiger partial charge in [0.25, 0.3) is 0 Å². The van der Waals surface area contributed by atoms with Crippen LogP contribution in [0.5, 0.6) is 0 Å². The minimum Gasteiger partial charge on any atom is -0.323 e. The Morgan fingerprint density at radius 1 is 1.19 bits per heavy atom. The summed E-state index contributed by atoms with van der Waals surface area (Å²) >= 11 is 0. The lowest BCUT2D eigenvalue weighted by molar-refractivity contribution is 0.134. The number of hydrogen-bond acceptors (Lipinski definition) is 2. The Balaban J connectivity index is 1.70. The smallest absolute Gasteiger partial charge is 0.320 e. The molecule has 0 saturated carbocycles. The maximum absolute atomic E-state index is 13.4. The lowest BCUT2D eigenvalue weighted by Gasteiger charge is -2.41. The second-order valence-electron chi connectivity index (χ2n) is 7.14. The largest absolute Gasteiger partial charge is 0.323 e. The van der Waals surface area contributed by atoms with Crippen molar-refractivity contribution < 1.29 is 9.18 Å². The van der Waals surface area contributed by atoms with Crippen LogP contribution < -0.4 is 5.32 Å². The molecule has 0 radical (unpaired) electrons. The standard InChI is InChI=1S/C21H24FN3O/c1-24(18-10-12-23-14-18)21(26)25-13-11-15-4-2-3-5-19(15)20(25)16-6-8-17(22)9-7-16/h2-9,18,20,23H,10-14H2,1H3/t18-,20+/m1/s1. The van der Waals surface area contributed by atoms with Gasteiger partial charge in [-0.25, -0.2) is 9.18 Å². The van der Waals surface area contributed by atoms with Gasteiger partial charge in [-0.15, -0.1) is 0 Å². The molecule has 2 aliphatic heterocycles. The van der Waals surface area contributed by atoms with E-state index in [9.17, 15) is 9.18 Å². The molecule has 2 aromatic rings. The molecule has 2 amide bonds. The number of amides is 2. The Morgan fingerprint density at radius 3 is 2.69 bits per heavy atom. The van der Waals surface area contributed by atoms with Crippen LogP contribution in [0.4, 0.5) is 9.18 Å². The highest BCUT2D eigenvalue weighted by atomic mass is 19.1. The molecule has 4 rings (SSSR count). The fraction of sp³-hybridized carbons (Fsp3) is 0.381. The summed E-state index contributed by atoms with van der Waals surface area (Å²) in [5, 5.41) is 3.32. The SMILES string of the molecule is CN(C(=O)N1CCc2ccccc2[C@@H]1c1ccc(F)cc1)[C@@H]1CCNC1. The van der Waals surface area contributed by atoms with Gasteiger partial charge < -0.3 is 15.1 Å². The van der Waals surface area contributed by atoms with E-state index >= 15 is 0 Å². The van der Waals surface area contributed by atoms with Crippen molar-refractivity contribution in [1.29, 1.82) is 0 Å². The topological polar surface area (TPSA) is 35.6 Å². The van der Waals surface area contributed by atoms with Crippen LogP contribution in [0, 0.1) is 5.82 Å². The van der Waals surface area contributed by atoms with Crippen molar-refractivity contribution in [3.8, 4) is 0 Å². The zero-order chi connectivity index (χ0) is 18.1. The Bertz CT molecular complexity index is 786. The molecule has 1 fully saturated rings. The van der Waals surface area contributed by atoms with E-state index in [1.54, 1.807) is 12.1 Å². The van der Waals surface area contributed by atoms with Crippen LogP contribution in [0.15, 0.2) is 48.5 Å². The first-order valence-corrected chi connectivity index (χ1v) is 9.22. The summed E-state index contributed by atoms with van der Waals surface area (Å²) in [7, 11) is 1.89. The first-order chi connectivity index (χ1) is 12.6. The lowest BCUT2D eigenvalue weighted by atomic mass is 9.88. The molecule has 0 spiro atoms. The lowest BCUT2D eigenvalue weighted by Crippen LogP contribution is -2.50. The third-order valence-electron chi connectivity index (χ3n) is 5.60. The molecule has 1 saturated heterocycles. The predicted octanol–water partition coefficient (Wildman–Crippen LogP) is 3.19. The molecule has 0 aromatic heterocycles. The highest BCUT2D eigenvalue weighted by Crippen LogP contribution is 2.36. The van der Waals surface area contributed by atoms with Gasteiger partial charge in [0.05, 0.1) is 6.04 Å².